The summed E-state index contributed by atoms with van der Waals surface area (Å²) in [6, 6.07) is 8.92. The van der Waals surface area contributed by atoms with Gasteiger partial charge in [0, 0.05) is 5.56 Å². The van der Waals surface area contributed by atoms with Crippen LogP contribution in [0.5, 0.6) is 23.0 Å². The molecule has 0 saturated carbocycles. The fourth-order valence-electron chi connectivity index (χ4n) is 2.33. The maximum Gasteiger partial charge on any atom is 0.231 e. The van der Waals surface area contributed by atoms with Gasteiger partial charge in [-0.25, -0.2) is 0 Å². The van der Waals surface area contributed by atoms with E-state index in [0.29, 0.717) is 22.2 Å². The van der Waals surface area contributed by atoms with E-state index < -0.39 is 11.2 Å². The SMILES string of the molecule is COc1cccc2c(=O)c(O)c(-c3ccc(O)c(O)c3)[nH]c12. The van der Waals surface area contributed by atoms with Gasteiger partial charge in [0.1, 0.15) is 5.75 Å². The molecular formula is C16H13NO5. The van der Waals surface area contributed by atoms with E-state index in [4.69, 9.17) is 4.74 Å². The van der Waals surface area contributed by atoms with Gasteiger partial charge in [-0.3, -0.25) is 4.79 Å². The molecule has 0 aliphatic carbocycles. The monoisotopic (exact) mass is 299 g/mol. The molecule has 0 saturated heterocycles. The van der Waals surface area contributed by atoms with Crippen LogP contribution in [-0.4, -0.2) is 27.4 Å². The maximum atomic E-state index is 12.3. The number of aromatic amines is 1. The van der Waals surface area contributed by atoms with Crippen molar-refractivity contribution in [3.8, 4) is 34.3 Å². The molecule has 4 N–H and O–H groups in total. The van der Waals surface area contributed by atoms with E-state index in [-0.39, 0.29) is 17.2 Å². The summed E-state index contributed by atoms with van der Waals surface area (Å²) in [6.07, 6.45) is 0. The lowest BCUT2D eigenvalue weighted by atomic mass is 10.1. The number of fused-ring (bicyclic) bond motifs is 1. The van der Waals surface area contributed by atoms with Gasteiger partial charge in [0.2, 0.25) is 5.43 Å². The summed E-state index contributed by atoms with van der Waals surface area (Å²) in [6.45, 7) is 0. The second kappa shape index (κ2) is 5.00. The molecule has 1 aromatic heterocycles. The fraction of sp³-hybridized carbons (Fsp3) is 0.0625. The highest BCUT2D eigenvalue weighted by Crippen LogP contribution is 2.34. The van der Waals surface area contributed by atoms with Crippen LogP contribution in [0, 0.1) is 0 Å². The number of phenols is 2. The van der Waals surface area contributed by atoms with Crippen LogP contribution in [-0.2, 0) is 0 Å². The normalized spacial score (nSPS) is 10.8. The van der Waals surface area contributed by atoms with Gasteiger partial charge in [-0.05, 0) is 30.3 Å². The smallest absolute Gasteiger partial charge is 0.231 e. The molecule has 0 aliphatic rings. The zero-order chi connectivity index (χ0) is 15.9. The van der Waals surface area contributed by atoms with E-state index in [1.165, 1.54) is 25.3 Å². The summed E-state index contributed by atoms with van der Waals surface area (Å²) < 4.78 is 5.21. The number of ether oxygens (including phenoxy) is 1. The van der Waals surface area contributed by atoms with Gasteiger partial charge < -0.3 is 25.0 Å². The molecule has 3 rings (SSSR count). The third-order valence-electron chi connectivity index (χ3n) is 3.46. The van der Waals surface area contributed by atoms with Crippen LogP contribution < -0.4 is 10.2 Å². The van der Waals surface area contributed by atoms with Crippen molar-refractivity contribution < 1.29 is 20.1 Å². The van der Waals surface area contributed by atoms with E-state index in [9.17, 15) is 20.1 Å². The molecule has 0 unspecified atom stereocenters. The van der Waals surface area contributed by atoms with E-state index >= 15 is 0 Å². The highest BCUT2D eigenvalue weighted by molar-refractivity contribution is 5.89. The number of hydrogen-bond acceptors (Lipinski definition) is 5. The van der Waals surface area contributed by atoms with Crippen LogP contribution >= 0.6 is 0 Å². The molecule has 3 aromatic rings. The van der Waals surface area contributed by atoms with Crippen molar-refractivity contribution >= 4 is 10.9 Å². The standard InChI is InChI=1S/C16H13NO5/c1-22-12-4-2-3-9-14(12)17-13(16(21)15(9)20)8-5-6-10(18)11(19)7-8/h2-7,18-19,21H,1H3,(H,17,20). The summed E-state index contributed by atoms with van der Waals surface area (Å²) in [4.78, 5) is 15.3. The zero-order valence-corrected chi connectivity index (χ0v) is 11.6. The van der Waals surface area contributed by atoms with Gasteiger partial charge in [0.25, 0.3) is 0 Å². The number of para-hydroxylation sites is 1. The number of H-pyrrole nitrogens is 1. The van der Waals surface area contributed by atoms with Gasteiger partial charge in [0.15, 0.2) is 17.2 Å². The molecule has 112 valence electrons. The average molecular weight is 299 g/mol. The third-order valence-corrected chi connectivity index (χ3v) is 3.46. The number of rotatable bonds is 2. The lowest BCUT2D eigenvalue weighted by Gasteiger charge is -2.10. The van der Waals surface area contributed by atoms with Crippen LogP contribution in [0.1, 0.15) is 0 Å². The maximum absolute atomic E-state index is 12.3. The minimum atomic E-state index is -0.546. The van der Waals surface area contributed by atoms with Crippen LogP contribution in [0.2, 0.25) is 0 Å². The van der Waals surface area contributed by atoms with Gasteiger partial charge in [-0.15, -0.1) is 0 Å². The second-order valence-electron chi connectivity index (χ2n) is 4.76. The van der Waals surface area contributed by atoms with Gasteiger partial charge in [-0.1, -0.05) is 6.07 Å². The molecule has 22 heavy (non-hydrogen) atoms. The summed E-state index contributed by atoms with van der Waals surface area (Å²) in [5.74, 6) is -0.647. The summed E-state index contributed by atoms with van der Waals surface area (Å²) in [5.41, 5.74) is 0.389. The molecule has 1 heterocycles. The lowest BCUT2D eigenvalue weighted by molar-refractivity contribution is 0.404. The van der Waals surface area contributed by atoms with E-state index in [0.717, 1.165) is 0 Å². The first-order valence-corrected chi connectivity index (χ1v) is 6.47. The lowest BCUT2D eigenvalue weighted by Crippen LogP contribution is -2.05. The minimum Gasteiger partial charge on any atom is -0.504 e. The van der Waals surface area contributed by atoms with Crippen molar-refractivity contribution in [2.45, 2.75) is 0 Å². The highest BCUT2D eigenvalue weighted by Gasteiger charge is 2.15. The Bertz CT molecular complexity index is 930. The molecular weight excluding hydrogens is 286 g/mol. The van der Waals surface area contributed by atoms with Crippen molar-refractivity contribution in [2.75, 3.05) is 7.11 Å². The Labute approximate surface area is 124 Å². The first-order valence-electron chi connectivity index (χ1n) is 6.47. The van der Waals surface area contributed by atoms with Crippen molar-refractivity contribution in [1.82, 2.24) is 4.98 Å². The predicted octanol–water partition coefficient (Wildman–Crippen LogP) is 2.32. The first kappa shape index (κ1) is 13.8. The molecule has 0 fully saturated rings. The zero-order valence-electron chi connectivity index (χ0n) is 11.6. The largest absolute Gasteiger partial charge is 0.504 e. The van der Waals surface area contributed by atoms with Gasteiger partial charge in [-0.2, -0.15) is 0 Å². The van der Waals surface area contributed by atoms with E-state index in [2.05, 4.69) is 4.98 Å². The Kier molecular flexibility index (Phi) is 3.14. The molecule has 6 nitrogen and oxygen atoms in total. The van der Waals surface area contributed by atoms with E-state index in [1.54, 1.807) is 18.2 Å². The first-order chi connectivity index (χ1) is 10.5. The molecule has 2 aromatic carbocycles. The van der Waals surface area contributed by atoms with Crippen molar-refractivity contribution in [2.24, 2.45) is 0 Å². The minimum absolute atomic E-state index is 0.136. The summed E-state index contributed by atoms with van der Waals surface area (Å²) in [7, 11) is 1.48. The van der Waals surface area contributed by atoms with Gasteiger partial charge >= 0.3 is 0 Å². The summed E-state index contributed by atoms with van der Waals surface area (Å²) in [5, 5.41) is 29.4. The average Bonchev–Trinajstić information content (AvgIpc) is 2.53. The molecule has 0 amide bonds. The number of nitrogens with one attached hydrogen (secondary N) is 1. The van der Waals surface area contributed by atoms with Crippen molar-refractivity contribution in [3.05, 3.63) is 46.6 Å². The number of benzene rings is 2. The second-order valence-corrected chi connectivity index (χ2v) is 4.76. The molecule has 6 heteroatoms. The molecule has 0 atom stereocenters. The van der Waals surface area contributed by atoms with Crippen LogP contribution in [0.25, 0.3) is 22.2 Å². The molecule has 0 bridgehead atoms. The molecule has 0 spiro atoms. The fourth-order valence-corrected chi connectivity index (χ4v) is 2.33. The Morgan fingerprint density at radius 3 is 2.50 bits per heavy atom. The number of pyridine rings is 1. The van der Waals surface area contributed by atoms with Crippen LogP contribution in [0.3, 0.4) is 0 Å². The third kappa shape index (κ3) is 2.01. The van der Waals surface area contributed by atoms with Gasteiger partial charge in [0.05, 0.1) is 23.7 Å². The number of methoxy groups -OCH3 is 1. The van der Waals surface area contributed by atoms with Crippen LogP contribution in [0.15, 0.2) is 41.2 Å². The Morgan fingerprint density at radius 2 is 1.82 bits per heavy atom. The van der Waals surface area contributed by atoms with Crippen molar-refractivity contribution in [1.29, 1.82) is 0 Å². The quantitative estimate of drug-likeness (QED) is 0.544. The number of hydrogen-bond donors (Lipinski definition) is 4. The number of aromatic nitrogens is 1. The van der Waals surface area contributed by atoms with E-state index in [1.807, 2.05) is 0 Å². The van der Waals surface area contributed by atoms with Crippen LogP contribution in [0.4, 0.5) is 0 Å². The Hall–Kier alpha value is -3.15. The Balaban J connectivity index is 2.37. The molecule has 0 radical (unpaired) electrons. The molecule has 0 aliphatic heterocycles. The topological polar surface area (TPSA) is 103 Å². The summed E-state index contributed by atoms with van der Waals surface area (Å²) >= 11 is 0. The number of phenolic OH excluding ortho intramolecular Hbond substituents is 2. The number of aromatic hydroxyl groups is 3. The highest BCUT2D eigenvalue weighted by atomic mass is 16.5. The van der Waals surface area contributed by atoms with Crippen molar-refractivity contribution in [3.63, 3.8) is 0 Å². The predicted molar refractivity (Wildman–Crippen MR) is 81.6 cm³/mol. The Morgan fingerprint density at radius 1 is 1.05 bits per heavy atom.